The standard InChI is InChI=1S/C9H9N3O2/c13-8(14)3-2-7-6-12-5-1-4-10-9(12)11-7/h1,4-6H,2-3H2,(H,13,14). The van der Waals surface area contributed by atoms with Crippen molar-refractivity contribution in [3.63, 3.8) is 0 Å². The first-order valence-corrected chi connectivity index (χ1v) is 4.26. The molecule has 14 heavy (non-hydrogen) atoms. The number of aryl methyl sites for hydroxylation is 1. The van der Waals surface area contributed by atoms with Gasteiger partial charge in [0.25, 0.3) is 0 Å². The second-order valence-corrected chi connectivity index (χ2v) is 2.95. The van der Waals surface area contributed by atoms with E-state index in [1.165, 1.54) is 0 Å². The predicted octanol–water partition coefficient (Wildman–Crippen LogP) is 0.746. The van der Waals surface area contributed by atoms with Gasteiger partial charge >= 0.3 is 5.97 Å². The van der Waals surface area contributed by atoms with E-state index >= 15 is 0 Å². The first-order valence-electron chi connectivity index (χ1n) is 4.26. The molecule has 2 rings (SSSR count). The highest BCUT2D eigenvalue weighted by molar-refractivity contribution is 5.67. The van der Waals surface area contributed by atoms with Crippen LogP contribution in [0.2, 0.25) is 0 Å². The molecule has 0 saturated heterocycles. The zero-order valence-electron chi connectivity index (χ0n) is 7.42. The zero-order chi connectivity index (χ0) is 9.97. The number of hydrogen-bond acceptors (Lipinski definition) is 3. The largest absolute Gasteiger partial charge is 0.481 e. The Morgan fingerprint density at radius 1 is 1.57 bits per heavy atom. The molecule has 0 aromatic carbocycles. The Bertz CT molecular complexity index is 431. The summed E-state index contributed by atoms with van der Waals surface area (Å²) in [5.74, 6) is -0.206. The van der Waals surface area contributed by atoms with Crippen molar-refractivity contribution in [3.8, 4) is 0 Å². The van der Waals surface area contributed by atoms with Gasteiger partial charge in [0.05, 0.1) is 12.1 Å². The van der Waals surface area contributed by atoms with Gasteiger partial charge in [0.15, 0.2) is 0 Å². The number of aliphatic carboxylic acids is 1. The molecule has 0 unspecified atom stereocenters. The molecule has 0 bridgehead atoms. The molecule has 0 aliphatic carbocycles. The van der Waals surface area contributed by atoms with Crippen molar-refractivity contribution < 1.29 is 9.90 Å². The van der Waals surface area contributed by atoms with Crippen LogP contribution in [0.4, 0.5) is 0 Å². The summed E-state index contributed by atoms with van der Waals surface area (Å²) in [6.07, 6.45) is 5.83. The van der Waals surface area contributed by atoms with Crippen molar-refractivity contribution >= 4 is 11.7 Å². The summed E-state index contributed by atoms with van der Waals surface area (Å²) in [4.78, 5) is 18.5. The number of hydrogen-bond donors (Lipinski definition) is 1. The van der Waals surface area contributed by atoms with Crippen LogP contribution in [0.1, 0.15) is 12.1 Å². The lowest BCUT2D eigenvalue weighted by Gasteiger charge is -1.88. The van der Waals surface area contributed by atoms with E-state index < -0.39 is 5.97 Å². The zero-order valence-corrected chi connectivity index (χ0v) is 7.42. The SMILES string of the molecule is O=C(O)CCc1cn2cccnc2n1. The molecule has 5 heteroatoms. The Labute approximate surface area is 80.0 Å². The molecule has 0 atom stereocenters. The van der Waals surface area contributed by atoms with Crippen LogP contribution in [0, 0.1) is 0 Å². The molecular formula is C9H9N3O2. The van der Waals surface area contributed by atoms with Gasteiger partial charge in [0.1, 0.15) is 0 Å². The van der Waals surface area contributed by atoms with Crippen molar-refractivity contribution in [1.82, 2.24) is 14.4 Å². The van der Waals surface area contributed by atoms with Crippen LogP contribution < -0.4 is 0 Å². The van der Waals surface area contributed by atoms with Crippen molar-refractivity contribution in [2.24, 2.45) is 0 Å². The number of nitrogens with zero attached hydrogens (tertiary/aromatic N) is 3. The maximum absolute atomic E-state index is 10.3. The topological polar surface area (TPSA) is 67.5 Å². The van der Waals surface area contributed by atoms with E-state index in [0.29, 0.717) is 12.2 Å². The fourth-order valence-corrected chi connectivity index (χ4v) is 1.23. The summed E-state index contributed by atoms with van der Waals surface area (Å²) in [7, 11) is 0. The monoisotopic (exact) mass is 191 g/mol. The minimum Gasteiger partial charge on any atom is -0.481 e. The summed E-state index contributed by atoms with van der Waals surface area (Å²) in [6, 6.07) is 1.80. The third kappa shape index (κ3) is 1.71. The van der Waals surface area contributed by atoms with Gasteiger partial charge in [0, 0.05) is 25.0 Å². The number of carboxylic acids is 1. The fourth-order valence-electron chi connectivity index (χ4n) is 1.23. The lowest BCUT2D eigenvalue weighted by atomic mass is 10.2. The molecule has 0 amide bonds. The third-order valence-corrected chi connectivity index (χ3v) is 1.88. The van der Waals surface area contributed by atoms with Crippen molar-refractivity contribution in [2.75, 3.05) is 0 Å². The maximum atomic E-state index is 10.3. The summed E-state index contributed by atoms with van der Waals surface area (Å²) < 4.78 is 1.77. The number of rotatable bonds is 3. The number of aromatic nitrogens is 3. The van der Waals surface area contributed by atoms with Gasteiger partial charge in [-0.15, -0.1) is 0 Å². The van der Waals surface area contributed by atoms with E-state index in [4.69, 9.17) is 5.11 Å². The molecule has 1 N–H and O–H groups in total. The van der Waals surface area contributed by atoms with Gasteiger partial charge in [-0.1, -0.05) is 0 Å². The molecule has 2 aromatic heterocycles. The van der Waals surface area contributed by atoms with Crippen LogP contribution in [0.25, 0.3) is 5.78 Å². The van der Waals surface area contributed by atoms with Gasteiger partial charge < -0.3 is 5.11 Å². The number of carboxylic acid groups (broad SMARTS) is 1. The van der Waals surface area contributed by atoms with Crippen molar-refractivity contribution in [3.05, 3.63) is 30.4 Å². The lowest BCUT2D eigenvalue weighted by molar-refractivity contribution is -0.136. The summed E-state index contributed by atoms with van der Waals surface area (Å²) >= 11 is 0. The highest BCUT2D eigenvalue weighted by atomic mass is 16.4. The minimum absolute atomic E-state index is 0.101. The smallest absolute Gasteiger partial charge is 0.303 e. The van der Waals surface area contributed by atoms with Crippen molar-refractivity contribution in [2.45, 2.75) is 12.8 Å². The minimum atomic E-state index is -0.810. The van der Waals surface area contributed by atoms with Gasteiger partial charge in [-0.05, 0) is 6.07 Å². The quantitative estimate of drug-likeness (QED) is 0.777. The van der Waals surface area contributed by atoms with Crippen LogP contribution >= 0.6 is 0 Å². The first-order chi connectivity index (χ1) is 6.75. The Balaban J connectivity index is 2.22. The number of fused-ring (bicyclic) bond motifs is 1. The van der Waals surface area contributed by atoms with Crippen LogP contribution in [0.5, 0.6) is 0 Å². The molecule has 0 saturated carbocycles. The molecule has 2 aromatic rings. The molecule has 0 aliphatic heterocycles. The maximum Gasteiger partial charge on any atom is 0.303 e. The average Bonchev–Trinajstić information content (AvgIpc) is 2.57. The molecule has 0 spiro atoms. The molecule has 5 nitrogen and oxygen atoms in total. The third-order valence-electron chi connectivity index (χ3n) is 1.88. The molecule has 2 heterocycles. The van der Waals surface area contributed by atoms with E-state index in [2.05, 4.69) is 9.97 Å². The van der Waals surface area contributed by atoms with Crippen LogP contribution in [0.15, 0.2) is 24.7 Å². The Hall–Kier alpha value is -1.91. The normalized spacial score (nSPS) is 10.6. The van der Waals surface area contributed by atoms with Crippen LogP contribution in [0.3, 0.4) is 0 Å². The molecule has 0 aliphatic rings. The second-order valence-electron chi connectivity index (χ2n) is 2.95. The average molecular weight is 191 g/mol. The van der Waals surface area contributed by atoms with Gasteiger partial charge in [-0.2, -0.15) is 0 Å². The van der Waals surface area contributed by atoms with E-state index in [9.17, 15) is 4.79 Å². The van der Waals surface area contributed by atoms with E-state index in [0.717, 1.165) is 5.69 Å². The van der Waals surface area contributed by atoms with Crippen LogP contribution in [-0.4, -0.2) is 25.4 Å². The first kappa shape index (κ1) is 8.68. The molecule has 72 valence electrons. The summed E-state index contributed by atoms with van der Waals surface area (Å²) in [6.45, 7) is 0. The summed E-state index contributed by atoms with van der Waals surface area (Å²) in [5.41, 5.74) is 0.756. The number of carbonyl (C=O) groups is 1. The fraction of sp³-hybridized carbons (Fsp3) is 0.222. The van der Waals surface area contributed by atoms with Gasteiger partial charge in [0.2, 0.25) is 5.78 Å². The molecular weight excluding hydrogens is 182 g/mol. The van der Waals surface area contributed by atoms with Crippen LogP contribution in [-0.2, 0) is 11.2 Å². The number of imidazole rings is 1. The van der Waals surface area contributed by atoms with E-state index in [1.54, 1.807) is 22.9 Å². The summed E-state index contributed by atoms with van der Waals surface area (Å²) in [5, 5.41) is 8.50. The van der Waals surface area contributed by atoms with Gasteiger partial charge in [-0.3, -0.25) is 9.20 Å². The van der Waals surface area contributed by atoms with Crippen molar-refractivity contribution in [1.29, 1.82) is 0 Å². The van der Waals surface area contributed by atoms with E-state index in [1.807, 2.05) is 6.20 Å². The second kappa shape index (κ2) is 3.45. The highest BCUT2D eigenvalue weighted by Crippen LogP contribution is 2.03. The Kier molecular flexibility index (Phi) is 2.14. The lowest BCUT2D eigenvalue weighted by Crippen LogP contribution is -1.97. The molecule has 0 radical (unpaired) electrons. The van der Waals surface area contributed by atoms with Gasteiger partial charge in [-0.25, -0.2) is 9.97 Å². The highest BCUT2D eigenvalue weighted by Gasteiger charge is 2.03. The van der Waals surface area contributed by atoms with E-state index in [-0.39, 0.29) is 6.42 Å². The Morgan fingerprint density at radius 3 is 3.14 bits per heavy atom. The molecule has 0 fully saturated rings. The predicted molar refractivity (Wildman–Crippen MR) is 48.9 cm³/mol. The Morgan fingerprint density at radius 2 is 2.43 bits per heavy atom.